The fraction of sp³-hybridized carbons (Fsp3) is 0.188. The van der Waals surface area contributed by atoms with E-state index in [-0.39, 0.29) is 12.3 Å². The van der Waals surface area contributed by atoms with Gasteiger partial charge >= 0.3 is 0 Å². The van der Waals surface area contributed by atoms with Crippen molar-refractivity contribution in [3.8, 4) is 0 Å². The Hall–Kier alpha value is -2.60. The minimum Gasteiger partial charge on any atom is -0.384 e. The highest BCUT2D eigenvalue weighted by atomic mass is 35.5. The SMILES string of the molecule is NC(=O)c1cc(Cl)ccc1CCC(=O)NCc1ccc(N)nc1. The molecule has 2 amide bonds. The summed E-state index contributed by atoms with van der Waals surface area (Å²) >= 11 is 5.85. The van der Waals surface area contributed by atoms with E-state index in [9.17, 15) is 9.59 Å². The Kier molecular flexibility index (Phi) is 5.54. The molecule has 0 spiro atoms. The summed E-state index contributed by atoms with van der Waals surface area (Å²) < 4.78 is 0. The maximum atomic E-state index is 11.9. The Labute approximate surface area is 138 Å². The number of anilines is 1. The van der Waals surface area contributed by atoms with Crippen molar-refractivity contribution in [3.05, 3.63) is 58.2 Å². The summed E-state index contributed by atoms with van der Waals surface area (Å²) in [5, 5.41) is 3.22. The monoisotopic (exact) mass is 332 g/mol. The van der Waals surface area contributed by atoms with Crippen molar-refractivity contribution < 1.29 is 9.59 Å². The Morgan fingerprint density at radius 2 is 2.00 bits per heavy atom. The summed E-state index contributed by atoms with van der Waals surface area (Å²) in [5.41, 5.74) is 12.7. The predicted molar refractivity (Wildman–Crippen MR) is 88.8 cm³/mol. The van der Waals surface area contributed by atoms with E-state index >= 15 is 0 Å². The molecule has 0 fully saturated rings. The van der Waals surface area contributed by atoms with Crippen LogP contribution in [0.25, 0.3) is 0 Å². The number of pyridine rings is 1. The molecule has 0 aliphatic rings. The summed E-state index contributed by atoms with van der Waals surface area (Å²) in [7, 11) is 0. The zero-order valence-corrected chi connectivity index (χ0v) is 13.1. The number of carbonyl (C=O) groups excluding carboxylic acids is 2. The number of nitrogens with two attached hydrogens (primary N) is 2. The molecule has 0 aliphatic carbocycles. The quantitative estimate of drug-likeness (QED) is 0.747. The van der Waals surface area contributed by atoms with E-state index < -0.39 is 5.91 Å². The van der Waals surface area contributed by atoms with E-state index in [0.717, 1.165) is 5.56 Å². The van der Waals surface area contributed by atoms with E-state index in [1.54, 1.807) is 30.5 Å². The van der Waals surface area contributed by atoms with Gasteiger partial charge in [-0.3, -0.25) is 9.59 Å². The summed E-state index contributed by atoms with van der Waals surface area (Å²) in [6, 6.07) is 8.36. The van der Waals surface area contributed by atoms with Crippen molar-refractivity contribution in [1.82, 2.24) is 10.3 Å². The zero-order valence-electron chi connectivity index (χ0n) is 12.4. The molecule has 0 radical (unpaired) electrons. The maximum absolute atomic E-state index is 11.9. The van der Waals surface area contributed by atoms with Crippen LogP contribution in [0.15, 0.2) is 36.5 Å². The van der Waals surface area contributed by atoms with Crippen LogP contribution >= 0.6 is 11.6 Å². The molecular weight excluding hydrogens is 316 g/mol. The number of nitrogen functional groups attached to an aromatic ring is 1. The number of nitrogens with zero attached hydrogens (tertiary/aromatic N) is 1. The van der Waals surface area contributed by atoms with Crippen LogP contribution in [0.2, 0.25) is 5.02 Å². The van der Waals surface area contributed by atoms with Crippen LogP contribution in [-0.2, 0) is 17.8 Å². The maximum Gasteiger partial charge on any atom is 0.249 e. The normalized spacial score (nSPS) is 10.3. The second kappa shape index (κ2) is 7.60. The number of halogens is 1. The molecule has 0 unspecified atom stereocenters. The molecule has 0 saturated heterocycles. The number of carbonyl (C=O) groups is 2. The third-order valence-electron chi connectivity index (χ3n) is 3.30. The first-order valence-electron chi connectivity index (χ1n) is 7.01. The molecule has 1 heterocycles. The summed E-state index contributed by atoms with van der Waals surface area (Å²) in [6.07, 6.45) is 2.26. The van der Waals surface area contributed by atoms with Crippen LogP contribution in [0.5, 0.6) is 0 Å². The van der Waals surface area contributed by atoms with Gasteiger partial charge in [-0.2, -0.15) is 0 Å². The van der Waals surface area contributed by atoms with Gasteiger partial charge < -0.3 is 16.8 Å². The van der Waals surface area contributed by atoms with Gasteiger partial charge in [0, 0.05) is 29.7 Å². The van der Waals surface area contributed by atoms with E-state index in [1.165, 1.54) is 6.07 Å². The number of benzene rings is 1. The average molecular weight is 333 g/mol. The smallest absolute Gasteiger partial charge is 0.249 e. The Morgan fingerprint density at radius 1 is 1.22 bits per heavy atom. The topological polar surface area (TPSA) is 111 Å². The second-order valence-electron chi connectivity index (χ2n) is 5.03. The molecule has 7 heteroatoms. The first-order chi connectivity index (χ1) is 11.0. The molecule has 5 N–H and O–H groups in total. The largest absolute Gasteiger partial charge is 0.384 e. The molecule has 2 aromatic rings. The lowest BCUT2D eigenvalue weighted by atomic mass is 10.0. The van der Waals surface area contributed by atoms with Gasteiger partial charge in [0.1, 0.15) is 5.82 Å². The van der Waals surface area contributed by atoms with E-state index in [4.69, 9.17) is 23.1 Å². The van der Waals surface area contributed by atoms with Crippen LogP contribution in [-0.4, -0.2) is 16.8 Å². The standard InChI is InChI=1S/C16H17ClN4O2/c17-12-4-2-11(13(7-12)16(19)23)3-6-15(22)21-9-10-1-5-14(18)20-8-10/h1-2,4-5,7-8H,3,6,9H2,(H2,18,20)(H2,19,23)(H,21,22). The second-order valence-corrected chi connectivity index (χ2v) is 5.47. The lowest BCUT2D eigenvalue weighted by Gasteiger charge is -2.08. The Morgan fingerprint density at radius 3 is 2.65 bits per heavy atom. The van der Waals surface area contributed by atoms with Gasteiger partial charge in [-0.25, -0.2) is 4.98 Å². The number of amides is 2. The summed E-state index contributed by atoms with van der Waals surface area (Å²) in [5.74, 6) is -0.259. The van der Waals surface area contributed by atoms with Gasteiger partial charge in [-0.1, -0.05) is 23.7 Å². The lowest BCUT2D eigenvalue weighted by molar-refractivity contribution is -0.121. The van der Waals surface area contributed by atoms with Gasteiger partial charge in [0.05, 0.1) is 0 Å². The number of aryl methyl sites for hydroxylation is 1. The van der Waals surface area contributed by atoms with Crippen LogP contribution in [0.1, 0.15) is 27.9 Å². The minimum atomic E-state index is -0.559. The molecule has 120 valence electrons. The van der Waals surface area contributed by atoms with E-state index in [2.05, 4.69) is 10.3 Å². The van der Waals surface area contributed by atoms with Gasteiger partial charge in [-0.15, -0.1) is 0 Å². The first-order valence-corrected chi connectivity index (χ1v) is 7.39. The van der Waals surface area contributed by atoms with Crippen LogP contribution < -0.4 is 16.8 Å². The Bertz CT molecular complexity index is 717. The first kappa shape index (κ1) is 16.8. The third kappa shape index (κ3) is 4.96. The molecule has 0 bridgehead atoms. The third-order valence-corrected chi connectivity index (χ3v) is 3.53. The highest BCUT2D eigenvalue weighted by Crippen LogP contribution is 2.17. The van der Waals surface area contributed by atoms with Crippen molar-refractivity contribution in [2.45, 2.75) is 19.4 Å². The fourth-order valence-corrected chi connectivity index (χ4v) is 2.25. The molecule has 23 heavy (non-hydrogen) atoms. The van der Waals surface area contributed by atoms with Gasteiger partial charge in [0.25, 0.3) is 0 Å². The minimum absolute atomic E-state index is 0.132. The van der Waals surface area contributed by atoms with Crippen molar-refractivity contribution in [3.63, 3.8) is 0 Å². The summed E-state index contributed by atoms with van der Waals surface area (Å²) in [4.78, 5) is 27.3. The van der Waals surface area contributed by atoms with Gasteiger partial charge in [0.15, 0.2) is 0 Å². The van der Waals surface area contributed by atoms with Gasteiger partial charge in [0.2, 0.25) is 11.8 Å². The molecule has 0 aliphatic heterocycles. The van der Waals surface area contributed by atoms with Crippen molar-refractivity contribution >= 4 is 29.2 Å². The fourth-order valence-electron chi connectivity index (χ4n) is 2.07. The summed E-state index contributed by atoms with van der Waals surface area (Å²) in [6.45, 7) is 0.370. The number of primary amides is 1. The van der Waals surface area contributed by atoms with E-state index in [1.807, 2.05) is 0 Å². The molecule has 6 nitrogen and oxygen atoms in total. The number of aromatic nitrogens is 1. The highest BCUT2D eigenvalue weighted by molar-refractivity contribution is 6.31. The highest BCUT2D eigenvalue weighted by Gasteiger charge is 2.11. The van der Waals surface area contributed by atoms with Crippen LogP contribution in [0.3, 0.4) is 0 Å². The van der Waals surface area contributed by atoms with Crippen molar-refractivity contribution in [2.24, 2.45) is 5.73 Å². The number of nitrogens with one attached hydrogen (secondary N) is 1. The molecule has 1 aromatic heterocycles. The number of hydrogen-bond acceptors (Lipinski definition) is 4. The molecule has 0 atom stereocenters. The number of rotatable bonds is 6. The molecular formula is C16H17ClN4O2. The van der Waals surface area contributed by atoms with Gasteiger partial charge in [-0.05, 0) is 35.7 Å². The Balaban J connectivity index is 1.89. The van der Waals surface area contributed by atoms with Crippen LogP contribution in [0.4, 0.5) is 5.82 Å². The molecule has 2 rings (SSSR count). The zero-order chi connectivity index (χ0) is 16.8. The number of hydrogen-bond donors (Lipinski definition) is 3. The van der Waals surface area contributed by atoms with Crippen molar-refractivity contribution in [1.29, 1.82) is 0 Å². The molecule has 0 saturated carbocycles. The van der Waals surface area contributed by atoms with E-state index in [0.29, 0.717) is 34.9 Å². The lowest BCUT2D eigenvalue weighted by Crippen LogP contribution is -2.23. The average Bonchev–Trinajstić information content (AvgIpc) is 2.53. The molecule has 1 aromatic carbocycles. The van der Waals surface area contributed by atoms with Crippen LogP contribution in [0, 0.1) is 0 Å². The van der Waals surface area contributed by atoms with Crippen molar-refractivity contribution in [2.75, 3.05) is 5.73 Å². The predicted octanol–water partition coefficient (Wildman–Crippen LogP) is 1.67.